The van der Waals surface area contributed by atoms with Crippen LogP contribution in [-0.4, -0.2) is 43.1 Å². The van der Waals surface area contributed by atoms with Gasteiger partial charge in [0.2, 0.25) is 0 Å². The Morgan fingerprint density at radius 3 is 2.70 bits per heavy atom. The Balaban J connectivity index is 1.83. The number of methoxy groups -OCH3 is 1. The summed E-state index contributed by atoms with van der Waals surface area (Å²) in [5, 5.41) is 7.20. The molecule has 1 fully saturated rings. The molecule has 2 N–H and O–H groups in total. The number of benzene rings is 1. The molecule has 0 unspecified atom stereocenters. The fraction of sp³-hybridized carbons (Fsp3) is 0.545. The Morgan fingerprint density at radius 2 is 2.03 bits per heavy atom. The number of halogens is 1. The second-order valence-electron chi connectivity index (χ2n) is 8.44. The van der Waals surface area contributed by atoms with Crippen molar-refractivity contribution < 1.29 is 18.7 Å². The topological polar surface area (TPSA) is 83.8 Å². The Bertz CT molecular complexity index is 978. The second-order valence-corrected chi connectivity index (χ2v) is 8.85. The summed E-state index contributed by atoms with van der Waals surface area (Å²) < 4.78 is 11.3. The number of hydrogen-bond acceptors (Lipinski definition) is 4. The number of amides is 3. The van der Waals surface area contributed by atoms with E-state index < -0.39 is 5.54 Å². The lowest BCUT2D eigenvalue weighted by Gasteiger charge is -2.42. The van der Waals surface area contributed by atoms with E-state index in [1.165, 1.54) is 0 Å². The molecule has 1 spiro atoms. The maximum atomic E-state index is 13.2. The summed E-state index contributed by atoms with van der Waals surface area (Å²) in [6.07, 6.45) is 4.79. The molecule has 2 aliphatic rings. The van der Waals surface area contributed by atoms with E-state index in [9.17, 15) is 9.59 Å². The van der Waals surface area contributed by atoms with Gasteiger partial charge in [-0.05, 0) is 38.8 Å². The van der Waals surface area contributed by atoms with Crippen LogP contribution in [0.1, 0.15) is 62.1 Å². The van der Waals surface area contributed by atoms with Crippen LogP contribution in [0.5, 0.6) is 0 Å². The van der Waals surface area contributed by atoms with Crippen LogP contribution in [0.4, 0.5) is 10.5 Å². The number of nitrogens with zero attached hydrogens (tertiary/aromatic N) is 1. The normalized spacial score (nSPS) is 17.7. The van der Waals surface area contributed by atoms with Crippen molar-refractivity contribution in [1.82, 2.24) is 10.2 Å². The van der Waals surface area contributed by atoms with Crippen LogP contribution in [0.25, 0.3) is 11.0 Å². The Kier molecular flexibility index (Phi) is 5.68. The lowest BCUT2D eigenvalue weighted by Crippen LogP contribution is -2.52. The summed E-state index contributed by atoms with van der Waals surface area (Å²) in [5.41, 5.74) is 1.53. The van der Waals surface area contributed by atoms with Gasteiger partial charge in [0, 0.05) is 30.6 Å². The Morgan fingerprint density at radius 1 is 1.30 bits per heavy atom. The number of anilines is 1. The molecular formula is C22H28ClN3O4. The van der Waals surface area contributed by atoms with E-state index in [4.69, 9.17) is 20.8 Å². The molecule has 3 amide bonds. The molecule has 0 bridgehead atoms. The van der Waals surface area contributed by atoms with Crippen LogP contribution >= 0.6 is 11.6 Å². The molecule has 1 aliphatic carbocycles. The van der Waals surface area contributed by atoms with E-state index in [1.54, 1.807) is 24.1 Å². The van der Waals surface area contributed by atoms with Crippen molar-refractivity contribution in [3.8, 4) is 0 Å². The predicted octanol–water partition coefficient (Wildman–Crippen LogP) is 4.88. The highest BCUT2D eigenvalue weighted by Gasteiger charge is 2.44. The first kappa shape index (κ1) is 21.0. The number of ether oxygens (including phenoxy) is 1. The first-order valence-electron chi connectivity index (χ1n) is 10.5. The van der Waals surface area contributed by atoms with Gasteiger partial charge in [-0.15, -0.1) is 0 Å². The average molecular weight is 434 g/mol. The van der Waals surface area contributed by atoms with Gasteiger partial charge in [-0.1, -0.05) is 30.9 Å². The number of urea groups is 1. The van der Waals surface area contributed by atoms with E-state index >= 15 is 0 Å². The lowest BCUT2D eigenvalue weighted by atomic mass is 9.74. The standard InChI is InChI=1S/C22H28ClN3O4/c1-13(2)26(9-10-29-3)20(27)16-12-14-11-15(23)18-17(19(14)30-16)22(25-21(28)24-18)7-5-4-6-8-22/h11-13H,4-10H2,1-3H3,(H2,24,25,28). The third-order valence-electron chi connectivity index (χ3n) is 6.17. The number of hydrogen-bond donors (Lipinski definition) is 2. The molecule has 2 heterocycles. The van der Waals surface area contributed by atoms with Gasteiger partial charge in [-0.25, -0.2) is 4.79 Å². The highest BCUT2D eigenvalue weighted by Crippen LogP contribution is 2.49. The Labute approximate surface area is 181 Å². The smallest absolute Gasteiger partial charge is 0.319 e. The summed E-state index contributed by atoms with van der Waals surface area (Å²) in [6.45, 7) is 4.85. The van der Waals surface area contributed by atoms with Crippen molar-refractivity contribution in [3.63, 3.8) is 0 Å². The van der Waals surface area contributed by atoms with Crippen LogP contribution in [-0.2, 0) is 10.3 Å². The van der Waals surface area contributed by atoms with Gasteiger partial charge in [0.15, 0.2) is 5.76 Å². The number of carbonyl (C=O) groups is 2. The SMILES string of the molecule is COCCN(C(=O)c1cc2cc(Cl)c3c(c2o1)C1(CCCCC1)NC(=O)N3)C(C)C. The van der Waals surface area contributed by atoms with E-state index in [0.29, 0.717) is 29.4 Å². The minimum Gasteiger partial charge on any atom is -0.450 e. The van der Waals surface area contributed by atoms with Crippen molar-refractivity contribution in [1.29, 1.82) is 0 Å². The van der Waals surface area contributed by atoms with Gasteiger partial charge in [0.05, 0.1) is 22.9 Å². The summed E-state index contributed by atoms with van der Waals surface area (Å²) in [7, 11) is 1.61. The van der Waals surface area contributed by atoms with Crippen molar-refractivity contribution in [2.24, 2.45) is 0 Å². The third-order valence-corrected chi connectivity index (χ3v) is 6.47. The third kappa shape index (κ3) is 3.54. The largest absolute Gasteiger partial charge is 0.450 e. The van der Waals surface area contributed by atoms with Crippen molar-refractivity contribution >= 4 is 40.2 Å². The molecule has 1 aromatic carbocycles. The first-order chi connectivity index (χ1) is 14.4. The van der Waals surface area contributed by atoms with Crippen LogP contribution in [0.2, 0.25) is 5.02 Å². The first-order valence-corrected chi connectivity index (χ1v) is 10.9. The van der Waals surface area contributed by atoms with Crippen LogP contribution in [0.3, 0.4) is 0 Å². The van der Waals surface area contributed by atoms with Crippen molar-refractivity contribution in [3.05, 3.63) is 28.5 Å². The van der Waals surface area contributed by atoms with Gasteiger partial charge in [-0.3, -0.25) is 4.79 Å². The van der Waals surface area contributed by atoms with Gasteiger partial charge >= 0.3 is 6.03 Å². The average Bonchev–Trinajstić information content (AvgIpc) is 3.12. The van der Waals surface area contributed by atoms with E-state index in [-0.39, 0.29) is 23.7 Å². The van der Waals surface area contributed by atoms with Crippen LogP contribution in [0, 0.1) is 0 Å². The zero-order valence-corrected chi connectivity index (χ0v) is 18.4. The molecule has 4 rings (SSSR count). The highest BCUT2D eigenvalue weighted by atomic mass is 35.5. The number of nitrogens with one attached hydrogen (secondary N) is 2. The molecule has 8 heteroatoms. The fourth-order valence-electron chi connectivity index (χ4n) is 4.71. The second kappa shape index (κ2) is 8.12. The number of fused-ring (bicyclic) bond motifs is 4. The van der Waals surface area contributed by atoms with Gasteiger partial charge in [0.1, 0.15) is 5.58 Å². The summed E-state index contributed by atoms with van der Waals surface area (Å²) in [5.74, 6) is 0.0794. The van der Waals surface area contributed by atoms with E-state index in [0.717, 1.165) is 43.1 Å². The molecule has 0 atom stereocenters. The van der Waals surface area contributed by atoms with E-state index in [1.807, 2.05) is 13.8 Å². The highest BCUT2D eigenvalue weighted by molar-refractivity contribution is 6.35. The lowest BCUT2D eigenvalue weighted by molar-refractivity contribution is 0.0606. The molecular weight excluding hydrogens is 406 g/mol. The maximum absolute atomic E-state index is 13.2. The number of furan rings is 1. The minimum atomic E-state index is -0.523. The zero-order valence-electron chi connectivity index (χ0n) is 17.6. The Hall–Kier alpha value is -2.25. The zero-order chi connectivity index (χ0) is 21.5. The molecule has 7 nitrogen and oxygen atoms in total. The van der Waals surface area contributed by atoms with Crippen molar-refractivity contribution in [2.75, 3.05) is 25.6 Å². The monoisotopic (exact) mass is 433 g/mol. The fourth-order valence-corrected chi connectivity index (χ4v) is 4.97. The number of rotatable bonds is 5. The van der Waals surface area contributed by atoms with Crippen molar-refractivity contribution in [2.45, 2.75) is 57.5 Å². The molecule has 30 heavy (non-hydrogen) atoms. The predicted molar refractivity (Wildman–Crippen MR) is 116 cm³/mol. The molecule has 2 aromatic rings. The van der Waals surface area contributed by atoms with Gasteiger partial charge < -0.3 is 24.7 Å². The quantitative estimate of drug-likeness (QED) is 0.704. The maximum Gasteiger partial charge on any atom is 0.319 e. The molecule has 1 aromatic heterocycles. The van der Waals surface area contributed by atoms with E-state index in [2.05, 4.69) is 10.6 Å². The van der Waals surface area contributed by atoms with Crippen LogP contribution < -0.4 is 10.6 Å². The molecule has 1 saturated carbocycles. The molecule has 1 aliphatic heterocycles. The van der Waals surface area contributed by atoms with Gasteiger partial charge in [-0.2, -0.15) is 0 Å². The summed E-state index contributed by atoms with van der Waals surface area (Å²) in [4.78, 5) is 27.3. The summed E-state index contributed by atoms with van der Waals surface area (Å²) in [6, 6.07) is 3.26. The molecule has 162 valence electrons. The molecule has 0 radical (unpaired) electrons. The minimum absolute atomic E-state index is 0.00371. The van der Waals surface area contributed by atoms with Gasteiger partial charge in [0.25, 0.3) is 5.91 Å². The van der Waals surface area contributed by atoms with Crippen LogP contribution in [0.15, 0.2) is 16.5 Å². The number of carbonyl (C=O) groups excluding carboxylic acids is 2. The summed E-state index contributed by atoms with van der Waals surface area (Å²) >= 11 is 6.56. The molecule has 0 saturated heterocycles.